The first kappa shape index (κ1) is 19.8. The molecule has 3 rings (SSSR count). The molecule has 0 aliphatic carbocycles. The summed E-state index contributed by atoms with van der Waals surface area (Å²) in [6.45, 7) is -0.0353. The van der Waals surface area contributed by atoms with Crippen molar-refractivity contribution in [1.29, 1.82) is 0 Å². The van der Waals surface area contributed by atoms with Crippen molar-refractivity contribution in [3.8, 4) is 0 Å². The van der Waals surface area contributed by atoms with E-state index >= 15 is 0 Å². The van der Waals surface area contributed by atoms with E-state index in [1.54, 1.807) is 48.5 Å². The zero-order valence-corrected chi connectivity index (χ0v) is 17.0. The van der Waals surface area contributed by atoms with Gasteiger partial charge in [-0.1, -0.05) is 47.5 Å². The number of halogens is 2. The maximum Gasteiger partial charge on any atom is 0.246 e. The van der Waals surface area contributed by atoms with Gasteiger partial charge in [0, 0.05) is 16.2 Å². The van der Waals surface area contributed by atoms with Crippen LogP contribution >= 0.6 is 35.4 Å². The second-order valence-electron chi connectivity index (χ2n) is 5.87. The van der Waals surface area contributed by atoms with Gasteiger partial charge in [-0.25, -0.2) is 8.42 Å². The van der Waals surface area contributed by atoms with Gasteiger partial charge in [0.15, 0.2) is 14.9 Å². The number of carbonyl (C=O) groups is 1. The Morgan fingerprint density at radius 3 is 2.15 bits per heavy atom. The number of thiocarbonyl (C=S) groups is 1. The summed E-state index contributed by atoms with van der Waals surface area (Å²) in [5.74, 6) is -0.512. The highest BCUT2D eigenvalue weighted by Crippen LogP contribution is 2.27. The zero-order valence-electron chi connectivity index (χ0n) is 13.9. The summed E-state index contributed by atoms with van der Waals surface area (Å²) in [4.78, 5) is 13.0. The first-order valence-electron chi connectivity index (χ1n) is 7.80. The summed E-state index contributed by atoms with van der Waals surface area (Å²) in [6, 6.07) is 13.0. The molecule has 140 valence electrons. The maximum atomic E-state index is 13.1. The summed E-state index contributed by atoms with van der Waals surface area (Å²) in [5, 5.41) is 3.66. The quantitative estimate of drug-likeness (QED) is 0.718. The van der Waals surface area contributed by atoms with Crippen molar-refractivity contribution in [2.75, 3.05) is 6.54 Å². The van der Waals surface area contributed by atoms with Gasteiger partial charge in [0.25, 0.3) is 0 Å². The van der Waals surface area contributed by atoms with Crippen LogP contribution in [0.4, 0.5) is 0 Å². The van der Waals surface area contributed by atoms with Gasteiger partial charge in [-0.2, -0.15) is 0 Å². The van der Waals surface area contributed by atoms with Crippen LogP contribution in [0.25, 0.3) is 4.91 Å². The van der Waals surface area contributed by atoms with E-state index in [4.69, 9.17) is 35.4 Å². The smallest absolute Gasteiger partial charge is 0.246 e. The van der Waals surface area contributed by atoms with Crippen molar-refractivity contribution >= 4 is 61.2 Å². The molecule has 1 heterocycles. The van der Waals surface area contributed by atoms with Gasteiger partial charge in [0.05, 0.1) is 10.7 Å². The fourth-order valence-corrected chi connectivity index (χ4v) is 4.58. The SMILES string of the molecule is O=C1CN(C=C(c2ccc(Cl)cc2)S(=O)(=O)Cc2ccc(Cl)cc2)C(=S)N1. The maximum absolute atomic E-state index is 13.1. The molecule has 1 fully saturated rings. The number of amides is 1. The number of hydrogen-bond acceptors (Lipinski definition) is 4. The summed E-state index contributed by atoms with van der Waals surface area (Å²) in [5.41, 5.74) is 1.05. The highest BCUT2D eigenvalue weighted by Gasteiger charge is 2.27. The molecule has 1 amide bonds. The minimum Gasteiger partial charge on any atom is -0.315 e. The van der Waals surface area contributed by atoms with Gasteiger partial charge >= 0.3 is 0 Å². The molecule has 1 aliphatic heterocycles. The third-order valence-electron chi connectivity index (χ3n) is 3.83. The minimum absolute atomic E-state index is 0.0353. The van der Waals surface area contributed by atoms with Crippen LogP contribution in [0.5, 0.6) is 0 Å². The summed E-state index contributed by atoms with van der Waals surface area (Å²) < 4.78 is 26.3. The van der Waals surface area contributed by atoms with Crippen molar-refractivity contribution in [1.82, 2.24) is 10.2 Å². The molecule has 0 bridgehead atoms. The molecule has 5 nitrogen and oxygen atoms in total. The normalized spacial score (nSPS) is 15.2. The number of nitrogens with zero attached hydrogens (tertiary/aromatic N) is 1. The van der Waals surface area contributed by atoms with Gasteiger partial charge in [0.1, 0.15) is 6.54 Å². The molecule has 0 saturated carbocycles. The Hall–Kier alpha value is -1.93. The van der Waals surface area contributed by atoms with Gasteiger partial charge in [-0.05, 0) is 47.6 Å². The lowest BCUT2D eigenvalue weighted by atomic mass is 10.2. The van der Waals surface area contributed by atoms with E-state index in [-0.39, 0.29) is 28.2 Å². The van der Waals surface area contributed by atoms with Crippen LogP contribution in [0.15, 0.2) is 54.7 Å². The summed E-state index contributed by atoms with van der Waals surface area (Å²) in [7, 11) is -3.75. The number of carbonyl (C=O) groups excluding carboxylic acids is 1. The van der Waals surface area contributed by atoms with E-state index in [1.807, 2.05) is 0 Å². The molecule has 0 aromatic heterocycles. The average Bonchev–Trinajstić information content (AvgIpc) is 2.93. The van der Waals surface area contributed by atoms with Crippen LogP contribution in [0.3, 0.4) is 0 Å². The Labute approximate surface area is 172 Å². The van der Waals surface area contributed by atoms with E-state index in [2.05, 4.69) is 5.32 Å². The lowest BCUT2D eigenvalue weighted by Crippen LogP contribution is -2.24. The molecular weight excluding hydrogens is 427 g/mol. The van der Waals surface area contributed by atoms with Gasteiger partial charge in [-0.3, -0.25) is 4.79 Å². The lowest BCUT2D eigenvalue weighted by molar-refractivity contribution is -0.118. The number of benzene rings is 2. The Bertz CT molecular complexity index is 1020. The Balaban J connectivity index is 2.02. The molecule has 2 aromatic rings. The van der Waals surface area contributed by atoms with Crippen molar-refractivity contribution in [3.05, 3.63) is 75.9 Å². The van der Waals surface area contributed by atoms with Crippen LogP contribution in [0.1, 0.15) is 11.1 Å². The molecule has 0 spiro atoms. The minimum atomic E-state index is -3.75. The Morgan fingerprint density at radius 2 is 1.63 bits per heavy atom. The highest BCUT2D eigenvalue weighted by atomic mass is 35.5. The van der Waals surface area contributed by atoms with Crippen LogP contribution in [-0.2, 0) is 20.4 Å². The first-order valence-corrected chi connectivity index (χ1v) is 10.6. The molecule has 9 heteroatoms. The molecule has 0 atom stereocenters. The van der Waals surface area contributed by atoms with Crippen molar-refractivity contribution in [2.45, 2.75) is 5.75 Å². The van der Waals surface area contributed by atoms with Gasteiger partial charge < -0.3 is 10.2 Å². The molecule has 0 radical (unpaired) electrons. The third kappa shape index (κ3) is 4.87. The van der Waals surface area contributed by atoms with E-state index in [9.17, 15) is 13.2 Å². The van der Waals surface area contributed by atoms with E-state index < -0.39 is 9.84 Å². The second kappa shape index (κ2) is 7.98. The van der Waals surface area contributed by atoms with Crippen molar-refractivity contribution in [2.24, 2.45) is 0 Å². The highest BCUT2D eigenvalue weighted by molar-refractivity contribution is 7.99. The van der Waals surface area contributed by atoms with Gasteiger partial charge in [0.2, 0.25) is 5.91 Å². The largest absolute Gasteiger partial charge is 0.315 e. The molecule has 1 N–H and O–H groups in total. The third-order valence-corrected chi connectivity index (χ3v) is 6.39. The second-order valence-corrected chi connectivity index (χ2v) is 9.08. The van der Waals surface area contributed by atoms with Crippen LogP contribution < -0.4 is 5.32 Å². The van der Waals surface area contributed by atoms with Crippen molar-refractivity contribution < 1.29 is 13.2 Å². The van der Waals surface area contributed by atoms with Crippen LogP contribution in [-0.4, -0.2) is 30.9 Å². The fraction of sp³-hybridized carbons (Fsp3) is 0.111. The zero-order chi connectivity index (χ0) is 19.6. The molecule has 1 saturated heterocycles. The van der Waals surface area contributed by atoms with Crippen molar-refractivity contribution in [3.63, 3.8) is 0 Å². The number of sulfone groups is 1. The molecule has 0 unspecified atom stereocenters. The van der Waals surface area contributed by atoms with E-state index in [0.29, 0.717) is 21.2 Å². The number of nitrogens with one attached hydrogen (secondary N) is 1. The van der Waals surface area contributed by atoms with Crippen LogP contribution in [0, 0.1) is 0 Å². The molecule has 2 aromatic carbocycles. The predicted octanol–water partition coefficient (Wildman–Crippen LogP) is 3.62. The molecular formula is C18H14Cl2N2O3S2. The van der Waals surface area contributed by atoms with E-state index in [1.165, 1.54) is 11.1 Å². The number of hydrogen-bond donors (Lipinski definition) is 1. The van der Waals surface area contributed by atoms with Gasteiger partial charge in [-0.15, -0.1) is 0 Å². The first-order chi connectivity index (χ1) is 12.7. The lowest BCUT2D eigenvalue weighted by Gasteiger charge is -2.15. The average molecular weight is 441 g/mol. The monoisotopic (exact) mass is 440 g/mol. The fourth-order valence-electron chi connectivity index (χ4n) is 2.53. The summed E-state index contributed by atoms with van der Waals surface area (Å²) in [6.07, 6.45) is 1.38. The van der Waals surface area contributed by atoms with E-state index in [0.717, 1.165) is 0 Å². The number of rotatable bonds is 5. The summed E-state index contributed by atoms with van der Waals surface area (Å²) >= 11 is 16.9. The Kier molecular flexibility index (Phi) is 5.86. The molecule has 1 aliphatic rings. The standard InChI is InChI=1S/C18H14Cl2N2O3S2/c19-14-5-1-12(2-6-14)11-27(24,25)16(13-3-7-15(20)8-4-13)9-22-10-17(23)21-18(22)26/h1-9H,10-11H2,(H,21,23,26). The Morgan fingerprint density at radius 1 is 1.07 bits per heavy atom. The topological polar surface area (TPSA) is 66.5 Å². The van der Waals surface area contributed by atoms with Crippen LogP contribution in [0.2, 0.25) is 10.0 Å². The molecule has 27 heavy (non-hydrogen) atoms. The predicted molar refractivity (Wildman–Crippen MR) is 111 cm³/mol.